The van der Waals surface area contributed by atoms with Crippen LogP contribution >= 0.6 is 11.3 Å². The number of thiophene rings is 1. The van der Waals surface area contributed by atoms with Gasteiger partial charge in [0.25, 0.3) is 5.82 Å². The van der Waals surface area contributed by atoms with E-state index in [2.05, 4.69) is 16.4 Å². The molecule has 1 aromatic carbocycles. The maximum absolute atomic E-state index is 12.3. The number of ether oxygens (including phenoxy) is 1. The first-order valence-corrected chi connectivity index (χ1v) is 9.10. The summed E-state index contributed by atoms with van der Waals surface area (Å²) in [6.45, 7) is 1.85. The molecule has 5 N–H and O–H groups in total. The number of nitrogen functional groups attached to an aromatic ring is 1. The maximum atomic E-state index is 12.3. The molecule has 0 bridgehead atoms. The van der Waals surface area contributed by atoms with Crippen LogP contribution in [0.3, 0.4) is 0 Å². The van der Waals surface area contributed by atoms with Gasteiger partial charge in [-0.15, -0.1) is 11.3 Å². The van der Waals surface area contributed by atoms with E-state index in [0.717, 1.165) is 31.9 Å². The number of aromatic hydroxyl groups is 1. The summed E-state index contributed by atoms with van der Waals surface area (Å²) in [7, 11) is 1.49. The predicted molar refractivity (Wildman–Crippen MR) is 102 cm³/mol. The zero-order chi connectivity index (χ0) is 19.3. The molecule has 0 aliphatic carbocycles. The van der Waals surface area contributed by atoms with Crippen LogP contribution in [-0.4, -0.2) is 18.1 Å². The number of nitrogens with zero attached hydrogens (tertiary/aromatic N) is 1. The molecule has 3 aromatic rings. The third-order valence-corrected chi connectivity index (χ3v) is 6.14. The number of amides is 1. The lowest BCUT2D eigenvalue weighted by atomic mass is 9.86. The van der Waals surface area contributed by atoms with Crippen LogP contribution in [0.4, 0.5) is 10.8 Å². The number of carbonyl (C=O) groups excluding carboxylic acids is 1. The Morgan fingerprint density at radius 2 is 2.26 bits per heavy atom. The van der Waals surface area contributed by atoms with Crippen molar-refractivity contribution in [3.63, 3.8) is 0 Å². The van der Waals surface area contributed by atoms with Gasteiger partial charge in [-0.3, -0.25) is 10.5 Å². The van der Waals surface area contributed by atoms with E-state index in [1.165, 1.54) is 18.4 Å². The summed E-state index contributed by atoms with van der Waals surface area (Å²) in [4.78, 5) is 15.5. The number of aromatic amines is 1. The van der Waals surface area contributed by atoms with Gasteiger partial charge in [0.05, 0.1) is 11.8 Å². The topological polar surface area (TPSA) is 123 Å². The normalized spacial score (nSPS) is 15.9. The monoisotopic (exact) mass is 381 g/mol. The van der Waals surface area contributed by atoms with Gasteiger partial charge in [0, 0.05) is 17.9 Å². The first-order chi connectivity index (χ1) is 12.9. The minimum atomic E-state index is -0.222. The number of methoxy groups -OCH3 is 1. The number of rotatable bonds is 2. The molecule has 3 heterocycles. The van der Waals surface area contributed by atoms with E-state index in [0.29, 0.717) is 17.1 Å². The van der Waals surface area contributed by atoms with Crippen LogP contribution in [0.25, 0.3) is 10.2 Å². The number of phenolic OH excluding ortho intramolecular Hbond substituents is 1. The summed E-state index contributed by atoms with van der Waals surface area (Å²) in [5.74, 6) is 0.396. The van der Waals surface area contributed by atoms with Gasteiger partial charge in [0.1, 0.15) is 22.2 Å². The summed E-state index contributed by atoms with van der Waals surface area (Å²) < 4.78 is 6.11. The quantitative estimate of drug-likeness (QED) is 0.630. The number of nitriles is 1. The highest BCUT2D eigenvalue weighted by Gasteiger charge is 2.34. The Hall–Kier alpha value is -3.31. The summed E-state index contributed by atoms with van der Waals surface area (Å²) in [6.07, 6.45) is 0.263. The smallest absolute Gasteiger partial charge is 0.289 e. The highest BCUT2D eigenvalue weighted by Crippen LogP contribution is 2.47. The molecule has 0 fully saturated rings. The van der Waals surface area contributed by atoms with E-state index < -0.39 is 0 Å². The minimum absolute atomic E-state index is 0.0437. The van der Waals surface area contributed by atoms with Crippen LogP contribution in [-0.2, 0) is 4.79 Å². The highest BCUT2D eigenvalue weighted by molar-refractivity contribution is 7.23. The number of anilines is 2. The Balaban J connectivity index is 1.99. The lowest BCUT2D eigenvalue weighted by Crippen LogP contribution is -2.24. The molecule has 7 nitrogen and oxygen atoms in total. The van der Waals surface area contributed by atoms with Crippen molar-refractivity contribution in [2.45, 2.75) is 19.3 Å². The number of hydrogen-bond acceptors (Lipinski definition) is 6. The number of phenols is 1. The Labute approximate surface area is 159 Å². The Kier molecular flexibility index (Phi) is 3.89. The largest absolute Gasteiger partial charge is 0.504 e. The molecule has 136 valence electrons. The number of pyridine rings is 1. The van der Waals surface area contributed by atoms with Crippen LogP contribution < -0.4 is 20.8 Å². The molecule has 1 amide bonds. The van der Waals surface area contributed by atoms with Crippen LogP contribution in [0.1, 0.15) is 34.6 Å². The van der Waals surface area contributed by atoms with Gasteiger partial charge in [-0.1, -0.05) is 6.07 Å². The van der Waals surface area contributed by atoms with Gasteiger partial charge in [0.2, 0.25) is 5.91 Å². The second-order valence-corrected chi connectivity index (χ2v) is 7.46. The molecule has 4 rings (SSSR count). The van der Waals surface area contributed by atoms with Crippen molar-refractivity contribution in [3.05, 3.63) is 40.5 Å². The van der Waals surface area contributed by atoms with E-state index in [9.17, 15) is 15.2 Å². The molecule has 27 heavy (non-hydrogen) atoms. The highest BCUT2D eigenvalue weighted by atomic mass is 32.1. The molecule has 0 unspecified atom stereocenters. The van der Waals surface area contributed by atoms with E-state index in [1.807, 2.05) is 6.92 Å². The lowest BCUT2D eigenvalue weighted by Gasteiger charge is -2.23. The molecule has 1 aliphatic rings. The van der Waals surface area contributed by atoms with Gasteiger partial charge in [-0.2, -0.15) is 5.26 Å². The number of fused-ring (bicyclic) bond motifs is 3. The SMILES string of the molecule is COc1cc([C@H]2CC(=O)Nc3sc4c(C)c(C#N)c(N)[nH+]c4c32)ccc1O. The van der Waals surface area contributed by atoms with Crippen LogP contribution in [0.5, 0.6) is 11.5 Å². The van der Waals surface area contributed by atoms with Gasteiger partial charge in [-0.25, -0.2) is 4.98 Å². The Morgan fingerprint density at radius 1 is 1.48 bits per heavy atom. The third-order valence-electron chi connectivity index (χ3n) is 4.90. The number of nitrogens with one attached hydrogen (secondary N) is 2. The first kappa shape index (κ1) is 17.1. The summed E-state index contributed by atoms with van der Waals surface area (Å²) in [5, 5.41) is 22.9. The van der Waals surface area contributed by atoms with Gasteiger partial charge < -0.3 is 15.2 Å². The fraction of sp³-hybridized carbons (Fsp3) is 0.211. The molecular weight excluding hydrogens is 364 g/mol. The fourth-order valence-corrected chi connectivity index (χ4v) is 4.82. The third kappa shape index (κ3) is 2.55. The molecule has 0 radical (unpaired) electrons. The average molecular weight is 381 g/mol. The Bertz CT molecular complexity index is 1150. The summed E-state index contributed by atoms with van der Waals surface area (Å²) in [6, 6.07) is 7.22. The van der Waals surface area contributed by atoms with E-state index in [1.54, 1.807) is 18.2 Å². The first-order valence-electron chi connectivity index (χ1n) is 8.29. The average Bonchev–Trinajstić information content (AvgIpc) is 3.00. The van der Waals surface area contributed by atoms with Crippen LogP contribution in [0.2, 0.25) is 0 Å². The van der Waals surface area contributed by atoms with Crippen molar-refractivity contribution >= 4 is 38.3 Å². The molecule has 1 atom stereocenters. The number of aryl methyl sites for hydroxylation is 1. The molecule has 2 aromatic heterocycles. The molecule has 0 spiro atoms. The van der Waals surface area contributed by atoms with Gasteiger partial charge in [-0.05, 0) is 30.2 Å². The lowest BCUT2D eigenvalue weighted by molar-refractivity contribution is -0.327. The van der Waals surface area contributed by atoms with Crippen LogP contribution in [0, 0.1) is 18.3 Å². The summed E-state index contributed by atoms with van der Waals surface area (Å²) in [5.41, 5.74) is 9.87. The van der Waals surface area contributed by atoms with Crippen molar-refractivity contribution in [3.8, 4) is 17.6 Å². The van der Waals surface area contributed by atoms with E-state index in [-0.39, 0.29) is 24.0 Å². The van der Waals surface area contributed by atoms with Gasteiger partial charge in [0.15, 0.2) is 11.5 Å². The van der Waals surface area contributed by atoms with Crippen LogP contribution in [0.15, 0.2) is 18.2 Å². The zero-order valence-corrected chi connectivity index (χ0v) is 15.5. The van der Waals surface area contributed by atoms with Crippen molar-refractivity contribution in [2.24, 2.45) is 0 Å². The fourth-order valence-electron chi connectivity index (χ4n) is 3.57. The van der Waals surface area contributed by atoms with Crippen molar-refractivity contribution in [1.82, 2.24) is 0 Å². The minimum Gasteiger partial charge on any atom is -0.504 e. The second-order valence-electron chi connectivity index (χ2n) is 6.44. The molecular formula is C19H17N4O3S+. The van der Waals surface area contributed by atoms with Crippen molar-refractivity contribution in [1.29, 1.82) is 5.26 Å². The number of nitrogens with two attached hydrogens (primary N) is 1. The van der Waals surface area contributed by atoms with Crippen molar-refractivity contribution in [2.75, 3.05) is 18.2 Å². The number of H-pyrrole nitrogens is 1. The molecule has 0 saturated carbocycles. The molecule has 8 heteroatoms. The second kappa shape index (κ2) is 6.14. The van der Waals surface area contributed by atoms with E-state index in [4.69, 9.17) is 10.5 Å². The van der Waals surface area contributed by atoms with Gasteiger partial charge >= 0.3 is 0 Å². The number of aromatic nitrogens is 1. The Morgan fingerprint density at radius 3 is 2.96 bits per heavy atom. The predicted octanol–water partition coefficient (Wildman–Crippen LogP) is 2.67. The number of carbonyl (C=O) groups is 1. The number of hydrogen-bond donors (Lipinski definition) is 3. The zero-order valence-electron chi connectivity index (χ0n) is 14.7. The van der Waals surface area contributed by atoms with Crippen molar-refractivity contribution < 1.29 is 19.6 Å². The number of benzene rings is 1. The summed E-state index contributed by atoms with van der Waals surface area (Å²) >= 11 is 1.43. The standard InChI is InChI=1S/C19H16N4O3S/c1-8-11(7-20)18(21)23-16-15-10(6-14(25)22-19(15)27-17(8)16)9-3-4-12(24)13(5-9)26-2/h3-5,10,24H,6H2,1-2H3,(H2,21,23)(H,22,25)/p+1/t10-/m1/s1. The molecule has 1 aliphatic heterocycles. The molecule has 0 saturated heterocycles. The maximum Gasteiger partial charge on any atom is 0.289 e. The van der Waals surface area contributed by atoms with E-state index >= 15 is 0 Å².